The molecule has 0 atom stereocenters. The van der Waals surface area contributed by atoms with E-state index < -0.39 is 0 Å². The number of nitrogens with zero attached hydrogens (tertiary/aromatic N) is 1. The molecule has 0 aliphatic carbocycles. The maximum absolute atomic E-state index is 6.07. The number of hydrogen-bond acceptors (Lipinski definition) is 2. The predicted molar refractivity (Wildman–Crippen MR) is 83.6 cm³/mol. The average Bonchev–Trinajstić information content (AvgIpc) is 2.37. The van der Waals surface area contributed by atoms with Crippen LogP contribution in [0.3, 0.4) is 0 Å². The van der Waals surface area contributed by atoms with Crippen molar-refractivity contribution in [2.45, 2.75) is 26.7 Å². The Hall–Kier alpha value is -0.900. The highest BCUT2D eigenvalue weighted by Crippen LogP contribution is 2.29. The molecule has 2 nitrogen and oxygen atoms in total. The Balaban J connectivity index is 2.60. The fourth-order valence-electron chi connectivity index (χ4n) is 1.87. The molecular formula is C14H14Cl2N2S. The summed E-state index contributed by atoms with van der Waals surface area (Å²) >= 11 is 17.3. The minimum absolute atomic E-state index is 0.534. The summed E-state index contributed by atoms with van der Waals surface area (Å²) in [6, 6.07) is 5.56. The molecule has 0 aliphatic rings. The Labute approximate surface area is 127 Å². The number of benzene rings is 1. The van der Waals surface area contributed by atoms with Gasteiger partial charge in [0.1, 0.15) is 10.5 Å². The Morgan fingerprint density at radius 2 is 2.00 bits per heavy atom. The van der Waals surface area contributed by atoms with Crippen LogP contribution < -0.4 is 0 Å². The molecule has 1 aromatic heterocycles. The number of hydrogen-bond donors (Lipinski definition) is 1. The zero-order chi connectivity index (χ0) is 14.0. The van der Waals surface area contributed by atoms with Crippen molar-refractivity contribution in [3.05, 3.63) is 44.3 Å². The lowest BCUT2D eigenvalue weighted by Gasteiger charge is -2.10. The Morgan fingerprint density at radius 1 is 1.26 bits per heavy atom. The maximum atomic E-state index is 6.07. The molecule has 0 saturated carbocycles. The molecule has 100 valence electrons. The number of halogens is 2. The topological polar surface area (TPSA) is 28.7 Å². The molecule has 5 heteroatoms. The average molecular weight is 313 g/mol. The minimum Gasteiger partial charge on any atom is -0.343 e. The summed E-state index contributed by atoms with van der Waals surface area (Å²) in [7, 11) is 0. The van der Waals surface area contributed by atoms with Crippen LogP contribution in [0.2, 0.25) is 10.0 Å². The molecule has 0 unspecified atom stereocenters. The summed E-state index contributed by atoms with van der Waals surface area (Å²) in [6.45, 7) is 4.07. The van der Waals surface area contributed by atoms with Crippen LogP contribution in [0.1, 0.15) is 24.7 Å². The van der Waals surface area contributed by atoms with Gasteiger partial charge in [0.15, 0.2) is 0 Å². The molecule has 0 bridgehead atoms. The van der Waals surface area contributed by atoms with E-state index in [1.54, 1.807) is 6.07 Å². The van der Waals surface area contributed by atoms with Gasteiger partial charge in [0.05, 0.1) is 15.7 Å². The van der Waals surface area contributed by atoms with E-state index in [1.165, 1.54) is 0 Å². The van der Waals surface area contributed by atoms with E-state index in [0.29, 0.717) is 14.7 Å². The monoisotopic (exact) mass is 312 g/mol. The Morgan fingerprint density at radius 3 is 2.63 bits per heavy atom. The molecule has 1 heterocycles. The molecule has 0 saturated heterocycles. The molecule has 0 radical (unpaired) electrons. The molecule has 0 aliphatic heterocycles. The molecule has 1 aromatic carbocycles. The molecule has 2 rings (SSSR count). The second-order valence-corrected chi connectivity index (χ2v) is 5.57. The van der Waals surface area contributed by atoms with E-state index in [-0.39, 0.29) is 0 Å². The number of rotatable bonds is 3. The van der Waals surface area contributed by atoms with E-state index in [9.17, 15) is 0 Å². The van der Waals surface area contributed by atoms with Crippen molar-refractivity contribution < 1.29 is 0 Å². The van der Waals surface area contributed by atoms with Crippen molar-refractivity contribution in [1.29, 1.82) is 0 Å². The lowest BCUT2D eigenvalue weighted by Crippen LogP contribution is -2.00. The molecule has 19 heavy (non-hydrogen) atoms. The SMILES string of the molecule is CCCc1nc(=S)c(C)c(-c2ccc(Cl)c(Cl)c2)[nH]1. The fourth-order valence-corrected chi connectivity index (χ4v) is 2.39. The zero-order valence-corrected chi connectivity index (χ0v) is 13.1. The first-order valence-corrected chi connectivity index (χ1v) is 7.24. The molecule has 0 amide bonds. The van der Waals surface area contributed by atoms with Crippen molar-refractivity contribution in [3.8, 4) is 11.3 Å². The zero-order valence-electron chi connectivity index (χ0n) is 10.8. The Kier molecular flexibility index (Phi) is 4.61. The summed E-state index contributed by atoms with van der Waals surface area (Å²) in [5.41, 5.74) is 2.88. The van der Waals surface area contributed by atoms with Gasteiger partial charge in [0, 0.05) is 12.0 Å². The summed E-state index contributed by atoms with van der Waals surface area (Å²) in [6.07, 6.45) is 1.89. The van der Waals surface area contributed by atoms with Gasteiger partial charge >= 0.3 is 0 Å². The van der Waals surface area contributed by atoms with Crippen LogP contribution >= 0.6 is 35.4 Å². The fraction of sp³-hybridized carbons (Fsp3) is 0.286. The lowest BCUT2D eigenvalue weighted by atomic mass is 10.1. The molecular weight excluding hydrogens is 299 g/mol. The number of aromatic amines is 1. The Bertz CT molecular complexity index is 665. The number of aryl methyl sites for hydroxylation is 1. The molecule has 0 spiro atoms. The number of aromatic nitrogens is 2. The van der Waals surface area contributed by atoms with Gasteiger partial charge in [-0.05, 0) is 31.0 Å². The third-order valence-electron chi connectivity index (χ3n) is 2.90. The van der Waals surface area contributed by atoms with Crippen molar-refractivity contribution >= 4 is 35.4 Å². The molecule has 2 aromatic rings. The van der Waals surface area contributed by atoms with Crippen molar-refractivity contribution in [2.75, 3.05) is 0 Å². The van der Waals surface area contributed by atoms with Crippen LogP contribution in [-0.2, 0) is 6.42 Å². The highest BCUT2D eigenvalue weighted by Gasteiger charge is 2.09. The van der Waals surface area contributed by atoms with Crippen LogP contribution in [0.15, 0.2) is 18.2 Å². The standard InChI is InChI=1S/C14H14Cl2N2S/c1-3-4-12-17-13(8(2)14(19)18-12)9-5-6-10(15)11(16)7-9/h5-7H,3-4H2,1-2H3,(H,17,18,19). The van der Waals surface area contributed by atoms with Crippen molar-refractivity contribution in [3.63, 3.8) is 0 Å². The maximum Gasteiger partial charge on any atom is 0.133 e. The highest BCUT2D eigenvalue weighted by atomic mass is 35.5. The van der Waals surface area contributed by atoms with Gasteiger partial charge in [-0.25, -0.2) is 4.98 Å². The smallest absolute Gasteiger partial charge is 0.133 e. The van der Waals surface area contributed by atoms with E-state index >= 15 is 0 Å². The van der Waals surface area contributed by atoms with Crippen LogP contribution in [0.5, 0.6) is 0 Å². The summed E-state index contributed by atoms with van der Waals surface area (Å²) < 4.78 is 0.628. The van der Waals surface area contributed by atoms with Gasteiger partial charge < -0.3 is 4.98 Å². The minimum atomic E-state index is 0.534. The van der Waals surface area contributed by atoms with Crippen LogP contribution in [0.25, 0.3) is 11.3 Å². The third kappa shape index (κ3) is 3.16. The second kappa shape index (κ2) is 6.04. The van der Waals surface area contributed by atoms with Gasteiger partial charge in [0.2, 0.25) is 0 Å². The van der Waals surface area contributed by atoms with E-state index in [2.05, 4.69) is 16.9 Å². The second-order valence-electron chi connectivity index (χ2n) is 4.37. The van der Waals surface area contributed by atoms with Crippen LogP contribution in [0, 0.1) is 11.6 Å². The first-order valence-electron chi connectivity index (χ1n) is 6.08. The van der Waals surface area contributed by atoms with Gasteiger partial charge in [0.25, 0.3) is 0 Å². The first kappa shape index (κ1) is 14.5. The first-order chi connectivity index (χ1) is 9.02. The van der Waals surface area contributed by atoms with Gasteiger partial charge in [-0.15, -0.1) is 0 Å². The number of H-pyrrole nitrogens is 1. The lowest BCUT2D eigenvalue weighted by molar-refractivity contribution is 0.829. The van der Waals surface area contributed by atoms with Crippen LogP contribution in [-0.4, -0.2) is 9.97 Å². The van der Waals surface area contributed by atoms with E-state index in [0.717, 1.165) is 35.5 Å². The van der Waals surface area contributed by atoms with Crippen molar-refractivity contribution in [1.82, 2.24) is 9.97 Å². The van der Waals surface area contributed by atoms with E-state index in [1.807, 2.05) is 19.1 Å². The molecule has 1 N–H and O–H groups in total. The third-order valence-corrected chi connectivity index (χ3v) is 4.03. The van der Waals surface area contributed by atoms with Gasteiger partial charge in [-0.1, -0.05) is 48.4 Å². The summed E-state index contributed by atoms with van der Waals surface area (Å²) in [5.74, 6) is 0.902. The highest BCUT2D eigenvalue weighted by molar-refractivity contribution is 7.71. The number of nitrogens with one attached hydrogen (secondary N) is 1. The summed E-state index contributed by atoms with van der Waals surface area (Å²) in [4.78, 5) is 7.73. The van der Waals surface area contributed by atoms with Gasteiger partial charge in [-0.3, -0.25) is 0 Å². The molecule has 0 fully saturated rings. The van der Waals surface area contributed by atoms with Crippen LogP contribution in [0.4, 0.5) is 0 Å². The van der Waals surface area contributed by atoms with Crippen molar-refractivity contribution in [2.24, 2.45) is 0 Å². The van der Waals surface area contributed by atoms with Gasteiger partial charge in [-0.2, -0.15) is 0 Å². The van der Waals surface area contributed by atoms with E-state index in [4.69, 9.17) is 35.4 Å². The quantitative estimate of drug-likeness (QED) is 0.771. The largest absolute Gasteiger partial charge is 0.343 e. The normalized spacial score (nSPS) is 10.7. The predicted octanol–water partition coefficient (Wildman–Crippen LogP) is 5.37. The summed E-state index contributed by atoms with van der Waals surface area (Å²) in [5, 5.41) is 1.08.